The second-order valence-electron chi connectivity index (χ2n) is 3.13. The smallest absolute Gasteiger partial charge is 0.190 e. The third-order valence-corrected chi connectivity index (χ3v) is 6.08. The Bertz CT molecular complexity index is 467. The number of benzene rings is 1. The number of anilines is 1. The van der Waals surface area contributed by atoms with Crippen LogP contribution in [0.4, 0.5) is 5.69 Å². The summed E-state index contributed by atoms with van der Waals surface area (Å²) in [6.07, 6.45) is 1.04. The van der Waals surface area contributed by atoms with Crippen LogP contribution in [0.1, 0.15) is 10.4 Å². The van der Waals surface area contributed by atoms with Gasteiger partial charge in [0.1, 0.15) is 0 Å². The van der Waals surface area contributed by atoms with E-state index in [1.54, 1.807) is 34.7 Å². The first-order valence-corrected chi connectivity index (χ1v) is 7.25. The van der Waals surface area contributed by atoms with Gasteiger partial charge in [0.2, 0.25) is 0 Å². The molecule has 0 radical (unpaired) electrons. The number of halogens is 1. The van der Waals surface area contributed by atoms with Crippen LogP contribution >= 0.6 is 22.6 Å². The van der Waals surface area contributed by atoms with E-state index in [4.69, 9.17) is 5.73 Å². The van der Waals surface area contributed by atoms with Crippen LogP contribution in [0, 0.1) is 0 Å². The maximum Gasteiger partial charge on any atom is 0.190 e. The Balaban J connectivity index is 3.01. The molecular weight excluding hydrogens is 329 g/mol. The summed E-state index contributed by atoms with van der Waals surface area (Å²) in [5.74, 6) is -0.418. The molecule has 0 aromatic heterocycles. The molecule has 0 aliphatic heterocycles. The maximum absolute atomic E-state index is 11.7. The zero-order valence-corrected chi connectivity index (χ0v) is 10.9. The number of sulfone groups is 1. The summed E-state index contributed by atoms with van der Waals surface area (Å²) in [6, 6.07) is 6.18. The molecule has 0 unspecified atom stereocenters. The molecule has 1 aromatic rings. The predicted molar refractivity (Wildman–Crippen MR) is 67.8 cm³/mol. The number of nitrogens with two attached hydrogens (primary N) is 1. The standard InChI is InChI=1S/C9H10INO3S/c1-15(13,14)9(10)8(12)6-2-4-7(11)5-3-6/h2-5,9H,11H2,1H3/t9-/m0/s1. The van der Waals surface area contributed by atoms with E-state index in [2.05, 4.69) is 0 Å². The van der Waals surface area contributed by atoms with Gasteiger partial charge in [0.15, 0.2) is 18.9 Å². The third-order valence-electron chi connectivity index (χ3n) is 1.78. The van der Waals surface area contributed by atoms with Crippen molar-refractivity contribution in [3.05, 3.63) is 29.8 Å². The van der Waals surface area contributed by atoms with Crippen molar-refractivity contribution in [1.29, 1.82) is 0 Å². The molecule has 82 valence electrons. The molecule has 0 aliphatic carbocycles. The lowest BCUT2D eigenvalue weighted by Gasteiger charge is -2.06. The van der Waals surface area contributed by atoms with Crippen molar-refractivity contribution < 1.29 is 13.2 Å². The van der Waals surface area contributed by atoms with Crippen LogP contribution in [0.5, 0.6) is 0 Å². The molecule has 2 N–H and O–H groups in total. The molecule has 4 nitrogen and oxygen atoms in total. The van der Waals surface area contributed by atoms with E-state index in [0.29, 0.717) is 11.3 Å². The lowest BCUT2D eigenvalue weighted by molar-refractivity contribution is 0.101. The highest BCUT2D eigenvalue weighted by atomic mass is 127. The molecule has 1 aromatic carbocycles. The van der Waals surface area contributed by atoms with E-state index in [1.807, 2.05) is 0 Å². The highest BCUT2D eigenvalue weighted by Crippen LogP contribution is 2.16. The van der Waals surface area contributed by atoms with Crippen molar-refractivity contribution >= 4 is 43.9 Å². The van der Waals surface area contributed by atoms with E-state index in [0.717, 1.165) is 6.26 Å². The van der Waals surface area contributed by atoms with E-state index < -0.39 is 18.9 Å². The molecule has 0 spiro atoms. The Morgan fingerprint density at radius 2 is 1.80 bits per heavy atom. The number of hydrogen-bond donors (Lipinski definition) is 1. The second kappa shape index (κ2) is 4.48. The highest BCUT2D eigenvalue weighted by molar-refractivity contribution is 14.1. The molecule has 1 atom stereocenters. The molecule has 0 amide bonds. The van der Waals surface area contributed by atoms with Crippen LogP contribution < -0.4 is 5.73 Å². The molecule has 0 saturated carbocycles. The van der Waals surface area contributed by atoms with Crippen molar-refractivity contribution in [3.8, 4) is 0 Å². The van der Waals surface area contributed by atoms with Crippen LogP contribution in [0.3, 0.4) is 0 Å². The van der Waals surface area contributed by atoms with Crippen LogP contribution in [0.2, 0.25) is 0 Å². The minimum absolute atomic E-state index is 0.356. The average molecular weight is 339 g/mol. The summed E-state index contributed by atoms with van der Waals surface area (Å²) >= 11 is 1.62. The Labute approximate surface area is 102 Å². The Kier molecular flexibility index (Phi) is 3.72. The first-order valence-electron chi connectivity index (χ1n) is 4.05. The molecule has 0 saturated heterocycles. The number of hydrogen-bond acceptors (Lipinski definition) is 4. The molecule has 0 heterocycles. The van der Waals surface area contributed by atoms with Crippen molar-refractivity contribution in [2.75, 3.05) is 12.0 Å². The van der Waals surface area contributed by atoms with Crippen LogP contribution in [0.15, 0.2) is 24.3 Å². The van der Waals surface area contributed by atoms with Gasteiger partial charge in [-0.2, -0.15) is 0 Å². The van der Waals surface area contributed by atoms with Gasteiger partial charge in [0.25, 0.3) is 0 Å². The van der Waals surface area contributed by atoms with Crippen molar-refractivity contribution in [2.45, 2.75) is 3.26 Å². The van der Waals surface area contributed by atoms with Gasteiger partial charge in [-0.3, -0.25) is 4.79 Å². The summed E-state index contributed by atoms with van der Waals surface area (Å²) in [7, 11) is -3.35. The normalized spacial score (nSPS) is 13.5. The fraction of sp³-hybridized carbons (Fsp3) is 0.222. The quantitative estimate of drug-likeness (QED) is 0.389. The number of alkyl halides is 1. The zero-order chi connectivity index (χ0) is 11.6. The van der Waals surface area contributed by atoms with Crippen LogP contribution in [-0.4, -0.2) is 23.7 Å². The van der Waals surface area contributed by atoms with E-state index in [1.165, 1.54) is 12.1 Å². The first-order chi connectivity index (χ1) is 6.82. The van der Waals surface area contributed by atoms with E-state index >= 15 is 0 Å². The van der Waals surface area contributed by atoms with Gasteiger partial charge in [-0.05, 0) is 24.3 Å². The SMILES string of the molecule is CS(=O)(=O)[C@H](I)C(=O)c1ccc(N)cc1. The largest absolute Gasteiger partial charge is 0.399 e. The summed E-state index contributed by atoms with van der Waals surface area (Å²) in [6.45, 7) is 0. The fourth-order valence-electron chi connectivity index (χ4n) is 0.973. The van der Waals surface area contributed by atoms with Crippen molar-refractivity contribution in [1.82, 2.24) is 0 Å². The second-order valence-corrected chi connectivity index (χ2v) is 7.35. The highest BCUT2D eigenvalue weighted by Gasteiger charge is 2.26. The van der Waals surface area contributed by atoms with E-state index in [9.17, 15) is 13.2 Å². The van der Waals surface area contributed by atoms with Crippen molar-refractivity contribution in [2.24, 2.45) is 0 Å². The summed E-state index contributed by atoms with van der Waals surface area (Å²) in [5, 5.41) is 0. The lowest BCUT2D eigenvalue weighted by atomic mass is 10.1. The number of Topliss-reactive ketones (excluding diaryl/α,β-unsaturated/α-hetero) is 1. The average Bonchev–Trinajstić information content (AvgIpc) is 2.15. The van der Waals surface area contributed by atoms with Gasteiger partial charge in [0.05, 0.1) is 0 Å². The number of carbonyl (C=O) groups excluding carboxylic acids is 1. The number of rotatable bonds is 3. The lowest BCUT2D eigenvalue weighted by Crippen LogP contribution is -2.23. The third kappa shape index (κ3) is 3.16. The van der Waals surface area contributed by atoms with E-state index in [-0.39, 0.29) is 0 Å². The summed E-state index contributed by atoms with van der Waals surface area (Å²) in [5.41, 5.74) is 6.35. The van der Waals surface area contributed by atoms with Crippen molar-refractivity contribution in [3.63, 3.8) is 0 Å². The summed E-state index contributed by atoms with van der Waals surface area (Å²) in [4.78, 5) is 11.7. The number of carbonyl (C=O) groups is 1. The Hall–Kier alpha value is -0.630. The molecule has 6 heteroatoms. The molecule has 0 bridgehead atoms. The fourth-order valence-corrected chi connectivity index (χ4v) is 1.86. The zero-order valence-electron chi connectivity index (χ0n) is 7.98. The predicted octanol–water partition coefficient (Wildman–Crippen LogP) is 1.26. The summed E-state index contributed by atoms with van der Waals surface area (Å²) < 4.78 is 21.3. The van der Waals surface area contributed by atoms with Gasteiger partial charge in [-0.1, -0.05) is 22.6 Å². The maximum atomic E-state index is 11.7. The monoisotopic (exact) mass is 339 g/mol. The van der Waals surface area contributed by atoms with Gasteiger partial charge in [-0.15, -0.1) is 0 Å². The van der Waals surface area contributed by atoms with Gasteiger partial charge in [0, 0.05) is 17.5 Å². The molecular formula is C9H10INO3S. The number of ketones is 1. The molecule has 0 aliphatic rings. The van der Waals surface area contributed by atoms with Gasteiger partial charge >= 0.3 is 0 Å². The van der Waals surface area contributed by atoms with Crippen LogP contribution in [-0.2, 0) is 9.84 Å². The van der Waals surface area contributed by atoms with Gasteiger partial charge < -0.3 is 5.73 Å². The minimum atomic E-state index is -3.35. The minimum Gasteiger partial charge on any atom is -0.399 e. The van der Waals surface area contributed by atoms with Gasteiger partial charge in [-0.25, -0.2) is 8.42 Å². The molecule has 15 heavy (non-hydrogen) atoms. The topological polar surface area (TPSA) is 77.2 Å². The Morgan fingerprint density at radius 1 is 1.33 bits per heavy atom. The molecule has 0 fully saturated rings. The molecule has 1 rings (SSSR count). The van der Waals surface area contributed by atoms with Crippen LogP contribution in [0.25, 0.3) is 0 Å². The number of nitrogen functional groups attached to an aromatic ring is 1. The first kappa shape index (κ1) is 12.4. The Morgan fingerprint density at radius 3 is 2.20 bits per heavy atom.